The first-order chi connectivity index (χ1) is 5.95. The molecule has 1 N–H and O–H groups in total. The molecule has 1 unspecified atom stereocenters. The van der Waals surface area contributed by atoms with Crippen molar-refractivity contribution >= 4 is 5.97 Å². The van der Waals surface area contributed by atoms with Crippen molar-refractivity contribution in [3.05, 3.63) is 0 Å². The number of rotatable bonds is 6. The van der Waals surface area contributed by atoms with Gasteiger partial charge in [0.2, 0.25) is 0 Å². The van der Waals surface area contributed by atoms with Gasteiger partial charge in [0.1, 0.15) is 0 Å². The first-order valence-electron chi connectivity index (χ1n) is 5.18. The lowest BCUT2D eigenvalue weighted by Gasteiger charge is -2.28. The molecule has 0 aromatic rings. The van der Waals surface area contributed by atoms with Crippen molar-refractivity contribution in [2.24, 2.45) is 11.3 Å². The molecule has 0 saturated carbocycles. The van der Waals surface area contributed by atoms with Gasteiger partial charge in [-0.1, -0.05) is 40.0 Å². The minimum atomic E-state index is -0.654. The van der Waals surface area contributed by atoms with Crippen molar-refractivity contribution in [1.82, 2.24) is 0 Å². The summed E-state index contributed by atoms with van der Waals surface area (Å²) in [5.41, 5.74) is -0.533. The number of hydrogen-bond acceptors (Lipinski definition) is 1. The van der Waals surface area contributed by atoms with Crippen LogP contribution in [0.25, 0.3) is 0 Å². The smallest absolute Gasteiger partial charge is 0.309 e. The lowest BCUT2D eigenvalue weighted by Crippen LogP contribution is -2.33. The summed E-state index contributed by atoms with van der Waals surface area (Å²) in [5.74, 6) is -0.444. The number of unbranched alkanes of at least 4 members (excludes halogenated alkanes) is 2. The van der Waals surface area contributed by atoms with E-state index in [-0.39, 0.29) is 5.92 Å². The third-order valence-electron chi connectivity index (χ3n) is 3.06. The van der Waals surface area contributed by atoms with E-state index in [9.17, 15) is 4.79 Å². The highest BCUT2D eigenvalue weighted by atomic mass is 16.4. The van der Waals surface area contributed by atoms with Crippen LogP contribution in [0.1, 0.15) is 53.4 Å². The summed E-state index contributed by atoms with van der Waals surface area (Å²) < 4.78 is 0. The van der Waals surface area contributed by atoms with Crippen molar-refractivity contribution in [2.45, 2.75) is 53.4 Å². The van der Waals surface area contributed by atoms with E-state index in [2.05, 4.69) is 6.92 Å². The largest absolute Gasteiger partial charge is 0.481 e. The van der Waals surface area contributed by atoms with E-state index in [1.807, 2.05) is 20.8 Å². The van der Waals surface area contributed by atoms with E-state index in [4.69, 9.17) is 5.11 Å². The molecule has 0 aromatic carbocycles. The van der Waals surface area contributed by atoms with Crippen LogP contribution in [0.4, 0.5) is 0 Å². The van der Waals surface area contributed by atoms with Crippen molar-refractivity contribution in [3.8, 4) is 0 Å². The molecule has 1 atom stereocenters. The van der Waals surface area contributed by atoms with Gasteiger partial charge in [-0.3, -0.25) is 4.79 Å². The highest BCUT2D eigenvalue weighted by Crippen LogP contribution is 2.33. The summed E-state index contributed by atoms with van der Waals surface area (Å²) in [5, 5.41) is 9.10. The molecule has 0 fully saturated rings. The molecule has 0 spiro atoms. The molecular formula is C11H22O2. The lowest BCUT2D eigenvalue weighted by atomic mass is 9.75. The van der Waals surface area contributed by atoms with Crippen molar-refractivity contribution in [3.63, 3.8) is 0 Å². The molecular weight excluding hydrogens is 164 g/mol. The maximum absolute atomic E-state index is 11.1. The third kappa shape index (κ3) is 3.37. The summed E-state index contributed by atoms with van der Waals surface area (Å²) in [6, 6.07) is 0. The second kappa shape index (κ2) is 5.25. The zero-order chi connectivity index (χ0) is 10.5. The third-order valence-corrected chi connectivity index (χ3v) is 3.06. The van der Waals surface area contributed by atoms with Gasteiger partial charge in [-0.05, 0) is 19.3 Å². The molecule has 0 radical (unpaired) electrons. The number of hydrogen-bond donors (Lipinski definition) is 1. The van der Waals surface area contributed by atoms with Crippen LogP contribution < -0.4 is 0 Å². The maximum atomic E-state index is 11.1. The van der Waals surface area contributed by atoms with Gasteiger partial charge in [0.25, 0.3) is 0 Å². The minimum absolute atomic E-state index is 0.210. The van der Waals surface area contributed by atoms with E-state index >= 15 is 0 Å². The Labute approximate surface area is 81.3 Å². The Balaban J connectivity index is 4.17. The van der Waals surface area contributed by atoms with Crippen LogP contribution in [0, 0.1) is 11.3 Å². The van der Waals surface area contributed by atoms with Crippen molar-refractivity contribution in [2.75, 3.05) is 0 Å². The van der Waals surface area contributed by atoms with Crippen LogP contribution >= 0.6 is 0 Å². The summed E-state index contributed by atoms with van der Waals surface area (Å²) in [4.78, 5) is 11.1. The van der Waals surface area contributed by atoms with Crippen LogP contribution in [0.5, 0.6) is 0 Å². The minimum Gasteiger partial charge on any atom is -0.481 e. The van der Waals surface area contributed by atoms with Gasteiger partial charge in [-0.25, -0.2) is 0 Å². The Bertz CT molecular complexity index is 163. The van der Waals surface area contributed by atoms with Gasteiger partial charge in [0.05, 0.1) is 5.41 Å². The molecule has 0 amide bonds. The molecule has 78 valence electrons. The quantitative estimate of drug-likeness (QED) is 0.646. The molecule has 0 aliphatic rings. The molecule has 0 heterocycles. The number of aliphatic carboxylic acids is 1. The number of carboxylic acid groups (broad SMARTS) is 1. The van der Waals surface area contributed by atoms with Crippen LogP contribution in [0.15, 0.2) is 0 Å². The van der Waals surface area contributed by atoms with Crippen LogP contribution in [-0.2, 0) is 4.79 Å². The second-order valence-electron chi connectivity index (χ2n) is 4.33. The standard InChI is InChI=1S/C11H22O2/c1-5-6-7-8-11(4,9(2)3)10(12)13/h9H,5-8H2,1-4H3,(H,12,13). The Morgan fingerprint density at radius 2 is 1.92 bits per heavy atom. The molecule has 0 aliphatic heterocycles. The zero-order valence-electron chi connectivity index (χ0n) is 9.26. The fourth-order valence-electron chi connectivity index (χ4n) is 1.38. The van der Waals surface area contributed by atoms with Crippen molar-refractivity contribution in [1.29, 1.82) is 0 Å². The average molecular weight is 186 g/mol. The molecule has 0 bridgehead atoms. The molecule has 0 saturated heterocycles. The average Bonchev–Trinajstić information content (AvgIpc) is 2.03. The zero-order valence-corrected chi connectivity index (χ0v) is 9.26. The van der Waals surface area contributed by atoms with Crippen LogP contribution in [0.3, 0.4) is 0 Å². The van der Waals surface area contributed by atoms with Gasteiger partial charge in [-0.15, -0.1) is 0 Å². The number of carboxylic acids is 1. The summed E-state index contributed by atoms with van der Waals surface area (Å²) in [6.45, 7) is 7.96. The maximum Gasteiger partial charge on any atom is 0.309 e. The van der Waals surface area contributed by atoms with Gasteiger partial charge >= 0.3 is 5.97 Å². The Kier molecular flexibility index (Phi) is 5.04. The van der Waals surface area contributed by atoms with Crippen LogP contribution in [0.2, 0.25) is 0 Å². The molecule has 0 aliphatic carbocycles. The van der Waals surface area contributed by atoms with Crippen LogP contribution in [-0.4, -0.2) is 11.1 Å². The molecule has 2 heteroatoms. The SMILES string of the molecule is CCCCCC(C)(C(=O)O)C(C)C. The van der Waals surface area contributed by atoms with Gasteiger partial charge in [-0.2, -0.15) is 0 Å². The Morgan fingerprint density at radius 3 is 2.23 bits per heavy atom. The van der Waals surface area contributed by atoms with Gasteiger partial charge < -0.3 is 5.11 Å². The molecule has 0 aromatic heterocycles. The van der Waals surface area contributed by atoms with E-state index in [1.54, 1.807) is 0 Å². The fourth-order valence-corrected chi connectivity index (χ4v) is 1.38. The highest BCUT2D eigenvalue weighted by Gasteiger charge is 2.35. The lowest BCUT2D eigenvalue weighted by molar-refractivity contribution is -0.151. The predicted octanol–water partition coefficient (Wildman–Crippen LogP) is 3.31. The normalized spacial score (nSPS) is 15.8. The second-order valence-corrected chi connectivity index (χ2v) is 4.33. The predicted molar refractivity (Wildman–Crippen MR) is 54.7 cm³/mol. The van der Waals surface area contributed by atoms with E-state index < -0.39 is 11.4 Å². The first kappa shape index (κ1) is 12.5. The summed E-state index contributed by atoms with van der Waals surface area (Å²) in [6.07, 6.45) is 4.11. The Hall–Kier alpha value is -0.530. The summed E-state index contributed by atoms with van der Waals surface area (Å²) >= 11 is 0. The number of carbonyl (C=O) groups is 1. The summed E-state index contributed by atoms with van der Waals surface area (Å²) in [7, 11) is 0. The fraction of sp³-hybridized carbons (Fsp3) is 0.909. The van der Waals surface area contributed by atoms with Gasteiger partial charge in [0, 0.05) is 0 Å². The molecule has 13 heavy (non-hydrogen) atoms. The highest BCUT2D eigenvalue weighted by molar-refractivity contribution is 5.74. The molecule has 0 rings (SSSR count). The first-order valence-corrected chi connectivity index (χ1v) is 5.18. The van der Waals surface area contributed by atoms with E-state index in [0.717, 1.165) is 25.7 Å². The van der Waals surface area contributed by atoms with Gasteiger partial charge in [0.15, 0.2) is 0 Å². The van der Waals surface area contributed by atoms with E-state index in [1.165, 1.54) is 0 Å². The van der Waals surface area contributed by atoms with Crippen molar-refractivity contribution < 1.29 is 9.90 Å². The topological polar surface area (TPSA) is 37.3 Å². The molecule has 2 nitrogen and oxygen atoms in total. The monoisotopic (exact) mass is 186 g/mol. The Morgan fingerprint density at radius 1 is 1.38 bits per heavy atom. The van der Waals surface area contributed by atoms with E-state index in [0.29, 0.717) is 0 Å².